The van der Waals surface area contributed by atoms with Crippen LogP contribution in [0.3, 0.4) is 0 Å². The maximum Gasteiger partial charge on any atom is 0.240 e. The van der Waals surface area contributed by atoms with Crippen LogP contribution in [-0.2, 0) is 4.79 Å². The maximum absolute atomic E-state index is 14.1. The van der Waals surface area contributed by atoms with Crippen molar-refractivity contribution in [1.82, 2.24) is 20.4 Å². The molecule has 5 heteroatoms. The zero-order chi connectivity index (χ0) is 25.2. The largest absolute Gasteiger partial charge is 0.336 e. The Morgan fingerprint density at radius 3 is 2.46 bits per heavy atom. The van der Waals surface area contributed by atoms with Gasteiger partial charge in [-0.05, 0) is 73.7 Å². The average molecular weight is 501 g/mol. The Hall–Kier alpha value is -2.21. The lowest BCUT2D eigenvalue weighted by molar-refractivity contribution is -0.134. The molecule has 37 heavy (non-hydrogen) atoms. The van der Waals surface area contributed by atoms with Crippen molar-refractivity contribution >= 4 is 5.91 Å². The van der Waals surface area contributed by atoms with E-state index >= 15 is 0 Å². The first-order chi connectivity index (χ1) is 18.1. The van der Waals surface area contributed by atoms with Crippen molar-refractivity contribution in [2.75, 3.05) is 45.8 Å². The average Bonchev–Trinajstić information content (AvgIpc) is 3.70. The second kappa shape index (κ2) is 10.9. The van der Waals surface area contributed by atoms with Gasteiger partial charge in [0.2, 0.25) is 5.91 Å². The summed E-state index contributed by atoms with van der Waals surface area (Å²) in [6.07, 6.45) is 5.67. The smallest absolute Gasteiger partial charge is 0.240 e. The fourth-order valence-electron chi connectivity index (χ4n) is 7.99. The van der Waals surface area contributed by atoms with Crippen molar-refractivity contribution in [2.45, 2.75) is 62.9 Å². The molecule has 198 valence electrons. The third kappa shape index (κ3) is 5.10. The van der Waals surface area contributed by atoms with E-state index in [9.17, 15) is 4.79 Å². The van der Waals surface area contributed by atoms with Crippen molar-refractivity contribution in [3.8, 4) is 0 Å². The Morgan fingerprint density at radius 1 is 1.00 bits per heavy atom. The van der Waals surface area contributed by atoms with E-state index in [1.165, 1.54) is 30.4 Å². The number of hydrogen-bond acceptors (Lipinski definition) is 4. The fourth-order valence-corrected chi connectivity index (χ4v) is 7.99. The van der Waals surface area contributed by atoms with Crippen molar-refractivity contribution in [1.29, 1.82) is 0 Å². The van der Waals surface area contributed by atoms with Crippen LogP contribution in [0.25, 0.3) is 0 Å². The zero-order valence-corrected chi connectivity index (χ0v) is 22.4. The van der Waals surface area contributed by atoms with E-state index in [-0.39, 0.29) is 11.5 Å². The molecule has 4 saturated heterocycles. The predicted molar refractivity (Wildman–Crippen MR) is 150 cm³/mol. The van der Waals surface area contributed by atoms with Crippen LogP contribution in [0, 0.1) is 11.3 Å². The van der Waals surface area contributed by atoms with Gasteiger partial charge in [-0.15, -0.1) is 0 Å². The van der Waals surface area contributed by atoms with Crippen LogP contribution in [0.2, 0.25) is 0 Å². The summed E-state index contributed by atoms with van der Waals surface area (Å²) in [6, 6.07) is 22.1. The topological polar surface area (TPSA) is 47.6 Å². The van der Waals surface area contributed by atoms with Crippen LogP contribution in [0.5, 0.6) is 0 Å². The molecule has 4 fully saturated rings. The Morgan fingerprint density at radius 2 is 1.73 bits per heavy atom. The van der Waals surface area contributed by atoms with E-state index in [1.807, 2.05) is 0 Å². The van der Waals surface area contributed by atoms with Gasteiger partial charge in [-0.2, -0.15) is 0 Å². The molecule has 0 radical (unpaired) electrons. The highest BCUT2D eigenvalue weighted by atomic mass is 16.2. The standard InChI is InChI=1S/C32H44N4O/c1-2-28-19-33-15-14-32(28)18-30(34-23-32)31(37)36-21-27(25-11-7-4-8-12-25)17-29(36)22-35-16-13-26(20-35)24-9-5-3-6-10-24/h3-12,26-30,33-34H,2,13-23H2,1H3/t26?,27-,28?,29-,30?,32?/m0/s1. The number of likely N-dealkylation sites (tertiary alicyclic amines) is 2. The van der Waals surface area contributed by atoms with E-state index in [0.717, 1.165) is 58.7 Å². The van der Waals surface area contributed by atoms with Crippen molar-refractivity contribution in [3.63, 3.8) is 0 Å². The predicted octanol–water partition coefficient (Wildman–Crippen LogP) is 4.23. The van der Waals surface area contributed by atoms with E-state index in [1.54, 1.807) is 0 Å². The normalized spacial score (nSPS) is 34.4. The van der Waals surface area contributed by atoms with Crippen LogP contribution in [0.4, 0.5) is 0 Å². The Labute approximate surface area is 223 Å². The molecule has 2 N–H and O–H groups in total. The zero-order valence-electron chi connectivity index (χ0n) is 22.4. The molecule has 6 rings (SSSR count). The number of carbonyl (C=O) groups is 1. The first kappa shape index (κ1) is 25.1. The summed E-state index contributed by atoms with van der Waals surface area (Å²) in [5, 5.41) is 7.32. The molecular formula is C32H44N4O. The van der Waals surface area contributed by atoms with Gasteiger partial charge in [-0.1, -0.05) is 74.0 Å². The Bertz CT molecular complexity index is 1050. The summed E-state index contributed by atoms with van der Waals surface area (Å²) in [6.45, 7) is 9.57. The quantitative estimate of drug-likeness (QED) is 0.623. The molecule has 0 saturated carbocycles. The van der Waals surface area contributed by atoms with E-state index < -0.39 is 0 Å². The minimum absolute atomic E-state index is 0.0279. The lowest BCUT2D eigenvalue weighted by Crippen LogP contribution is -2.49. The minimum Gasteiger partial charge on any atom is -0.336 e. The van der Waals surface area contributed by atoms with Crippen LogP contribution in [0.15, 0.2) is 60.7 Å². The van der Waals surface area contributed by atoms with Crippen molar-refractivity contribution < 1.29 is 4.79 Å². The Kier molecular flexibility index (Phi) is 7.38. The van der Waals surface area contributed by atoms with Gasteiger partial charge in [0.05, 0.1) is 6.04 Å². The molecular weight excluding hydrogens is 456 g/mol. The van der Waals surface area contributed by atoms with Crippen LogP contribution < -0.4 is 10.6 Å². The molecule has 5 nitrogen and oxygen atoms in total. The molecule has 1 spiro atoms. The molecule has 4 aliphatic rings. The van der Waals surface area contributed by atoms with Crippen LogP contribution in [-0.4, -0.2) is 73.6 Å². The van der Waals surface area contributed by atoms with Gasteiger partial charge in [0.1, 0.15) is 0 Å². The minimum atomic E-state index is -0.0279. The number of hydrogen-bond donors (Lipinski definition) is 2. The van der Waals surface area contributed by atoms with Crippen LogP contribution >= 0.6 is 0 Å². The number of amides is 1. The highest BCUT2D eigenvalue weighted by Gasteiger charge is 2.49. The first-order valence-corrected chi connectivity index (χ1v) is 14.7. The highest BCUT2D eigenvalue weighted by molar-refractivity contribution is 5.83. The van der Waals surface area contributed by atoms with E-state index in [0.29, 0.717) is 29.7 Å². The third-order valence-electron chi connectivity index (χ3n) is 10.1. The summed E-state index contributed by atoms with van der Waals surface area (Å²) < 4.78 is 0. The van der Waals surface area contributed by atoms with Gasteiger partial charge >= 0.3 is 0 Å². The lowest BCUT2D eigenvalue weighted by Gasteiger charge is -2.41. The van der Waals surface area contributed by atoms with Gasteiger partial charge in [0.15, 0.2) is 0 Å². The van der Waals surface area contributed by atoms with E-state index in [2.05, 4.69) is 88.0 Å². The van der Waals surface area contributed by atoms with Gasteiger partial charge in [-0.3, -0.25) is 4.79 Å². The molecule has 4 heterocycles. The fraction of sp³-hybridized carbons (Fsp3) is 0.594. The molecule has 4 aliphatic heterocycles. The molecule has 0 bridgehead atoms. The number of rotatable bonds is 6. The Balaban J connectivity index is 1.17. The third-order valence-corrected chi connectivity index (χ3v) is 10.1. The molecule has 1 amide bonds. The number of benzene rings is 2. The number of nitrogens with one attached hydrogen (secondary N) is 2. The number of carbonyl (C=O) groups excluding carboxylic acids is 1. The molecule has 2 aromatic carbocycles. The van der Waals surface area contributed by atoms with Gasteiger partial charge in [0.25, 0.3) is 0 Å². The lowest BCUT2D eigenvalue weighted by atomic mass is 9.68. The number of piperidine rings is 1. The first-order valence-electron chi connectivity index (χ1n) is 14.7. The summed E-state index contributed by atoms with van der Waals surface area (Å²) in [4.78, 5) is 19.1. The summed E-state index contributed by atoms with van der Waals surface area (Å²) in [5.41, 5.74) is 3.12. The highest BCUT2D eigenvalue weighted by Crippen LogP contribution is 2.44. The van der Waals surface area contributed by atoms with E-state index in [4.69, 9.17) is 0 Å². The molecule has 0 aliphatic carbocycles. The molecule has 0 aromatic heterocycles. The summed E-state index contributed by atoms with van der Waals surface area (Å²) in [5.74, 6) is 2.06. The van der Waals surface area contributed by atoms with Gasteiger partial charge in [0, 0.05) is 38.1 Å². The summed E-state index contributed by atoms with van der Waals surface area (Å²) >= 11 is 0. The molecule has 2 aromatic rings. The number of nitrogens with zero attached hydrogens (tertiary/aromatic N) is 2. The summed E-state index contributed by atoms with van der Waals surface area (Å²) in [7, 11) is 0. The SMILES string of the molecule is CCC1CNCCC12CNC(C(=O)N1C[C@@H](c3ccccc3)C[C@H]1CN1CCC(c3ccccc3)C1)C2. The van der Waals surface area contributed by atoms with Gasteiger partial charge < -0.3 is 20.4 Å². The molecule has 4 unspecified atom stereocenters. The maximum atomic E-state index is 14.1. The molecule has 6 atom stereocenters. The second-order valence-corrected chi connectivity index (χ2v) is 12.2. The van der Waals surface area contributed by atoms with Gasteiger partial charge in [-0.25, -0.2) is 0 Å². The van der Waals surface area contributed by atoms with Crippen molar-refractivity contribution in [3.05, 3.63) is 71.8 Å². The van der Waals surface area contributed by atoms with Crippen LogP contribution in [0.1, 0.15) is 62.0 Å². The monoisotopic (exact) mass is 500 g/mol. The second-order valence-electron chi connectivity index (χ2n) is 12.2. The van der Waals surface area contributed by atoms with Crippen molar-refractivity contribution in [2.24, 2.45) is 11.3 Å².